The van der Waals surface area contributed by atoms with E-state index in [4.69, 9.17) is 22.1 Å². The van der Waals surface area contributed by atoms with E-state index in [9.17, 15) is 0 Å². The Bertz CT molecular complexity index is 237. The van der Waals surface area contributed by atoms with Crippen LogP contribution in [0, 0.1) is 0 Å². The van der Waals surface area contributed by atoms with Gasteiger partial charge in [0.2, 0.25) is 11.8 Å². The largest absolute Gasteiger partial charge is 1.00 e. The van der Waals surface area contributed by atoms with Gasteiger partial charge in [-0.2, -0.15) is 0 Å². The number of aromatic nitrogens is 2. The van der Waals surface area contributed by atoms with Crippen LogP contribution in [-0.2, 0) is 12.6 Å². The summed E-state index contributed by atoms with van der Waals surface area (Å²) in [5.41, 5.74) is 0. The first-order chi connectivity index (χ1) is 5.26. The first kappa shape index (κ1) is 11.9. The first-order valence-corrected chi connectivity index (χ1v) is 3.31. The summed E-state index contributed by atoms with van der Waals surface area (Å²) in [7, 11) is 3.02. The van der Waals surface area contributed by atoms with E-state index in [0.717, 1.165) is 0 Å². The van der Waals surface area contributed by atoms with Crippen molar-refractivity contribution in [3.05, 3.63) is 6.07 Å². The summed E-state index contributed by atoms with van der Waals surface area (Å²) in [5.74, 6) is 0.837. The van der Waals surface area contributed by atoms with Crippen molar-refractivity contribution in [3.63, 3.8) is 0 Å². The number of methoxy groups -OCH3 is 2. The van der Waals surface area contributed by atoms with Crippen LogP contribution in [0.1, 0.15) is 0 Å². The maximum Gasteiger partial charge on any atom is 1.00 e. The van der Waals surface area contributed by atoms with Gasteiger partial charge in [0.1, 0.15) is 0 Å². The second-order valence-electron chi connectivity index (χ2n) is 1.74. The van der Waals surface area contributed by atoms with Gasteiger partial charge in [0.15, 0.2) is 0 Å². The maximum atomic E-state index is 4.84. The minimum Gasteiger partial charge on any atom is -0.740 e. The number of rotatable bonds is 2. The fourth-order valence-electron chi connectivity index (χ4n) is 0.593. The van der Waals surface area contributed by atoms with Crippen molar-refractivity contribution in [2.45, 2.75) is 5.16 Å². The summed E-state index contributed by atoms with van der Waals surface area (Å²) in [6.45, 7) is 0. The van der Waals surface area contributed by atoms with Gasteiger partial charge in [0.25, 0.3) is 0 Å². The van der Waals surface area contributed by atoms with Crippen LogP contribution >= 0.6 is 0 Å². The van der Waals surface area contributed by atoms with Crippen LogP contribution in [0.5, 0.6) is 11.8 Å². The van der Waals surface area contributed by atoms with Crippen molar-refractivity contribution in [3.8, 4) is 11.8 Å². The second kappa shape index (κ2) is 5.53. The van der Waals surface area contributed by atoms with E-state index in [2.05, 4.69) is 9.97 Å². The Labute approximate surface area is 98.4 Å². The molecule has 12 heavy (non-hydrogen) atoms. The van der Waals surface area contributed by atoms with Gasteiger partial charge in [-0.25, -0.2) is 9.97 Å². The number of hydrogen-bond donors (Lipinski definition) is 0. The number of nitrogens with zero attached hydrogens (tertiary/aromatic N) is 2. The van der Waals surface area contributed by atoms with Crippen molar-refractivity contribution >= 4 is 12.6 Å². The zero-order valence-electron chi connectivity index (χ0n) is 7.20. The van der Waals surface area contributed by atoms with Crippen molar-refractivity contribution in [2.24, 2.45) is 0 Å². The number of hydrogen-bond acceptors (Lipinski definition) is 5. The van der Waals surface area contributed by atoms with Gasteiger partial charge in [-0.3, -0.25) is 0 Å². The molecule has 1 rings (SSSR count). The predicted molar refractivity (Wildman–Crippen MR) is 40.8 cm³/mol. The standard InChI is InChI=1S/C6H8N2O2S.Na/c1-9-4-3-5(10-2)8-6(11)7-4;/h3H,1-2H3,(H,7,8,11);/q;+1/p-1. The first-order valence-electron chi connectivity index (χ1n) is 2.90. The van der Waals surface area contributed by atoms with Crippen molar-refractivity contribution < 1.29 is 39.0 Å². The summed E-state index contributed by atoms with van der Waals surface area (Å²) in [4.78, 5) is 7.60. The maximum absolute atomic E-state index is 4.84. The van der Waals surface area contributed by atoms with E-state index in [1.165, 1.54) is 14.2 Å². The van der Waals surface area contributed by atoms with Crippen molar-refractivity contribution in [1.82, 2.24) is 9.97 Å². The SMILES string of the molecule is COc1cc(OC)nc([S-])n1.[Na+]. The Balaban J connectivity index is 0.00000121. The minimum absolute atomic E-state index is 0. The molecular weight excluding hydrogens is 187 g/mol. The van der Waals surface area contributed by atoms with Crippen molar-refractivity contribution in [2.75, 3.05) is 14.2 Å². The molecule has 4 nitrogen and oxygen atoms in total. The molecule has 0 fully saturated rings. The fourth-order valence-corrected chi connectivity index (χ4v) is 0.773. The summed E-state index contributed by atoms with van der Waals surface area (Å²) < 4.78 is 9.68. The smallest absolute Gasteiger partial charge is 0.740 e. The minimum atomic E-state index is 0. The molecule has 0 radical (unpaired) electrons. The quantitative estimate of drug-likeness (QED) is 0.293. The molecule has 0 unspecified atom stereocenters. The van der Waals surface area contributed by atoms with Crippen LogP contribution in [0.25, 0.3) is 0 Å². The molecule has 60 valence electrons. The molecule has 6 heteroatoms. The number of ether oxygens (including phenoxy) is 2. The molecule has 0 spiro atoms. The van der Waals surface area contributed by atoms with Gasteiger partial charge >= 0.3 is 29.6 Å². The van der Waals surface area contributed by atoms with Crippen LogP contribution < -0.4 is 39.0 Å². The molecule has 0 bridgehead atoms. The molecule has 0 aliphatic carbocycles. The Morgan fingerprint density at radius 3 is 1.92 bits per heavy atom. The molecule has 0 N–H and O–H groups in total. The van der Waals surface area contributed by atoms with E-state index >= 15 is 0 Å². The topological polar surface area (TPSA) is 44.2 Å². The predicted octanol–water partition coefficient (Wildman–Crippen LogP) is -2.60. The van der Waals surface area contributed by atoms with E-state index in [-0.39, 0.29) is 34.7 Å². The Kier molecular flexibility index (Phi) is 5.48. The fraction of sp³-hybridized carbons (Fsp3) is 0.333. The van der Waals surface area contributed by atoms with E-state index in [1.807, 2.05) is 0 Å². The van der Waals surface area contributed by atoms with Crippen LogP contribution in [0.4, 0.5) is 0 Å². The van der Waals surface area contributed by atoms with Gasteiger partial charge < -0.3 is 22.1 Å². The van der Waals surface area contributed by atoms with Crippen LogP contribution in [0.15, 0.2) is 11.2 Å². The summed E-state index contributed by atoms with van der Waals surface area (Å²) in [6, 6.07) is 1.57. The third-order valence-corrected chi connectivity index (χ3v) is 1.26. The zero-order chi connectivity index (χ0) is 8.27. The third kappa shape index (κ3) is 3.10. The monoisotopic (exact) mass is 194 g/mol. The molecular formula is C6H7N2NaO2S. The molecule has 1 aromatic rings. The van der Waals surface area contributed by atoms with Gasteiger partial charge in [-0.05, 0) is 0 Å². The van der Waals surface area contributed by atoms with Crippen LogP contribution in [0.2, 0.25) is 0 Å². The van der Waals surface area contributed by atoms with E-state index < -0.39 is 0 Å². The normalized spacial score (nSPS) is 8.50. The van der Waals surface area contributed by atoms with Gasteiger partial charge in [-0.15, -0.1) is 0 Å². The molecule has 1 heterocycles. The Morgan fingerprint density at radius 2 is 1.58 bits per heavy atom. The summed E-state index contributed by atoms with van der Waals surface area (Å²) in [5, 5.41) is 0.223. The zero-order valence-corrected chi connectivity index (χ0v) is 10.0. The average Bonchev–Trinajstić information content (AvgIpc) is 2.03. The van der Waals surface area contributed by atoms with E-state index in [1.54, 1.807) is 6.07 Å². The average molecular weight is 194 g/mol. The molecule has 0 atom stereocenters. The molecule has 0 saturated heterocycles. The molecule has 0 aliphatic rings. The molecule has 0 aromatic carbocycles. The second-order valence-corrected chi connectivity index (χ2v) is 2.10. The van der Waals surface area contributed by atoms with Gasteiger partial charge in [-0.1, -0.05) is 0 Å². The summed E-state index contributed by atoms with van der Waals surface area (Å²) in [6.07, 6.45) is 0. The van der Waals surface area contributed by atoms with Gasteiger partial charge in [0.05, 0.1) is 20.3 Å². The Hall–Kier alpha value is -0.100. The Morgan fingerprint density at radius 1 is 1.17 bits per heavy atom. The third-order valence-electron chi connectivity index (χ3n) is 1.08. The molecule has 0 amide bonds. The molecule has 0 saturated carbocycles. The van der Waals surface area contributed by atoms with Crippen LogP contribution in [0.3, 0.4) is 0 Å². The van der Waals surface area contributed by atoms with Crippen molar-refractivity contribution in [1.29, 1.82) is 0 Å². The molecule has 0 aliphatic heterocycles. The van der Waals surface area contributed by atoms with Crippen LogP contribution in [-0.4, -0.2) is 24.2 Å². The van der Waals surface area contributed by atoms with Gasteiger partial charge in [0, 0.05) is 5.16 Å². The van der Waals surface area contributed by atoms with E-state index in [0.29, 0.717) is 11.8 Å². The summed E-state index contributed by atoms with van der Waals surface area (Å²) >= 11 is 4.74. The molecule has 1 aromatic heterocycles.